The van der Waals surface area contributed by atoms with Gasteiger partial charge in [-0.15, -0.1) is 0 Å². The minimum Gasteiger partial charge on any atom is -0.491 e. The molecule has 0 aliphatic carbocycles. The third-order valence-corrected chi connectivity index (χ3v) is 2.70. The van der Waals surface area contributed by atoms with Crippen LogP contribution in [-0.4, -0.2) is 17.3 Å². The van der Waals surface area contributed by atoms with Crippen LogP contribution < -0.4 is 4.74 Å². The van der Waals surface area contributed by atoms with Crippen molar-refractivity contribution in [2.45, 2.75) is 38.9 Å². The van der Waals surface area contributed by atoms with Gasteiger partial charge >= 0.3 is 0 Å². The number of halogens is 1. The fourth-order valence-electron chi connectivity index (χ4n) is 1.43. The Labute approximate surface area is 107 Å². The van der Waals surface area contributed by atoms with Crippen LogP contribution in [0.1, 0.15) is 32.3 Å². The van der Waals surface area contributed by atoms with E-state index in [2.05, 4.69) is 0 Å². The molecule has 0 spiro atoms. The van der Waals surface area contributed by atoms with Gasteiger partial charge in [-0.2, -0.15) is 5.26 Å². The molecular weight excluding hydrogens is 238 g/mol. The van der Waals surface area contributed by atoms with E-state index in [-0.39, 0.29) is 12.2 Å². The molecule has 0 radical (unpaired) electrons. The summed E-state index contributed by atoms with van der Waals surface area (Å²) in [5.41, 5.74) is 0.440. The van der Waals surface area contributed by atoms with Crippen LogP contribution in [0.5, 0.6) is 5.75 Å². The molecule has 3 nitrogen and oxygen atoms in total. The lowest BCUT2D eigenvalue weighted by atomic mass is 10.1. The van der Waals surface area contributed by atoms with Crippen molar-refractivity contribution < 1.29 is 9.84 Å². The molecule has 0 bridgehead atoms. The molecule has 1 rings (SSSR count). The fourth-order valence-corrected chi connectivity index (χ4v) is 1.64. The van der Waals surface area contributed by atoms with Crippen LogP contribution >= 0.6 is 11.6 Å². The molecular formula is C13H16ClNO2. The average molecular weight is 254 g/mol. The SMILES string of the molecule is C[C@@H](O)CC[C@H](C)Oc1ccc(C#N)c(Cl)c1. The average Bonchev–Trinajstić information content (AvgIpc) is 2.26. The first-order chi connectivity index (χ1) is 8.02. The summed E-state index contributed by atoms with van der Waals surface area (Å²) in [6, 6.07) is 7.00. The standard InChI is InChI=1S/C13H16ClNO2/c1-9(16)3-4-10(2)17-12-6-5-11(8-15)13(14)7-12/h5-7,9-10,16H,3-4H2,1-2H3/t9-,10+/m1/s1. The van der Waals surface area contributed by atoms with Gasteiger partial charge in [0.2, 0.25) is 0 Å². The third kappa shape index (κ3) is 4.64. The normalized spacial score (nSPS) is 13.8. The van der Waals surface area contributed by atoms with Gasteiger partial charge in [0.05, 0.1) is 22.8 Å². The molecule has 0 aromatic heterocycles. The molecule has 17 heavy (non-hydrogen) atoms. The van der Waals surface area contributed by atoms with Gasteiger partial charge in [0.1, 0.15) is 11.8 Å². The minimum absolute atomic E-state index is 0.00797. The highest BCUT2D eigenvalue weighted by atomic mass is 35.5. The second-order valence-corrected chi connectivity index (χ2v) is 4.52. The first kappa shape index (κ1) is 13.8. The Hall–Kier alpha value is -1.24. The molecule has 0 aliphatic heterocycles. The van der Waals surface area contributed by atoms with E-state index in [0.717, 1.165) is 6.42 Å². The van der Waals surface area contributed by atoms with Crippen LogP contribution in [-0.2, 0) is 0 Å². The van der Waals surface area contributed by atoms with Crippen LogP contribution in [0.4, 0.5) is 0 Å². The summed E-state index contributed by atoms with van der Waals surface area (Å²) in [5, 5.41) is 18.3. The first-order valence-electron chi connectivity index (χ1n) is 5.57. The van der Waals surface area contributed by atoms with E-state index < -0.39 is 0 Å². The van der Waals surface area contributed by atoms with E-state index >= 15 is 0 Å². The van der Waals surface area contributed by atoms with E-state index in [9.17, 15) is 0 Å². The number of benzene rings is 1. The summed E-state index contributed by atoms with van der Waals surface area (Å²) in [6.45, 7) is 3.69. The lowest BCUT2D eigenvalue weighted by molar-refractivity contribution is 0.145. The lowest BCUT2D eigenvalue weighted by Crippen LogP contribution is -2.14. The van der Waals surface area contributed by atoms with Gasteiger partial charge in [0.25, 0.3) is 0 Å². The maximum atomic E-state index is 9.17. The van der Waals surface area contributed by atoms with Crippen LogP contribution in [0.2, 0.25) is 5.02 Å². The van der Waals surface area contributed by atoms with Crippen molar-refractivity contribution in [3.63, 3.8) is 0 Å². The summed E-state index contributed by atoms with van der Waals surface area (Å²) in [7, 11) is 0. The van der Waals surface area contributed by atoms with E-state index in [1.807, 2.05) is 13.0 Å². The van der Waals surface area contributed by atoms with Crippen molar-refractivity contribution in [2.75, 3.05) is 0 Å². The van der Waals surface area contributed by atoms with Gasteiger partial charge in [-0.1, -0.05) is 11.6 Å². The molecule has 92 valence electrons. The summed E-state index contributed by atoms with van der Waals surface area (Å²) in [6.07, 6.45) is 1.17. The number of nitrogens with zero attached hydrogens (tertiary/aromatic N) is 1. The molecule has 1 aromatic carbocycles. The van der Waals surface area contributed by atoms with E-state index in [1.54, 1.807) is 25.1 Å². The molecule has 0 amide bonds. The Morgan fingerprint density at radius 1 is 1.41 bits per heavy atom. The van der Waals surface area contributed by atoms with Crippen molar-refractivity contribution in [3.05, 3.63) is 28.8 Å². The topological polar surface area (TPSA) is 53.2 Å². The van der Waals surface area contributed by atoms with Crippen molar-refractivity contribution >= 4 is 11.6 Å². The van der Waals surface area contributed by atoms with Crippen molar-refractivity contribution in [1.82, 2.24) is 0 Å². The summed E-state index contributed by atoms with van der Waals surface area (Å²) in [5.74, 6) is 0.645. The summed E-state index contributed by atoms with van der Waals surface area (Å²) in [4.78, 5) is 0. The van der Waals surface area contributed by atoms with Crippen LogP contribution in [0.3, 0.4) is 0 Å². The molecule has 0 saturated carbocycles. The zero-order valence-electron chi connectivity index (χ0n) is 9.98. The van der Waals surface area contributed by atoms with Crippen molar-refractivity contribution in [3.8, 4) is 11.8 Å². The number of ether oxygens (including phenoxy) is 1. The number of hydrogen-bond donors (Lipinski definition) is 1. The Kier molecular flexibility index (Phi) is 5.27. The Morgan fingerprint density at radius 2 is 2.12 bits per heavy atom. The number of rotatable bonds is 5. The van der Waals surface area contributed by atoms with Crippen LogP contribution in [0.25, 0.3) is 0 Å². The fraction of sp³-hybridized carbons (Fsp3) is 0.462. The molecule has 1 aromatic rings. The maximum absolute atomic E-state index is 9.17. The van der Waals surface area contributed by atoms with Gasteiger partial charge in [0.15, 0.2) is 0 Å². The molecule has 0 aliphatic rings. The zero-order valence-corrected chi connectivity index (χ0v) is 10.7. The molecule has 1 N–H and O–H groups in total. The molecule has 0 saturated heterocycles. The Morgan fingerprint density at radius 3 is 2.65 bits per heavy atom. The summed E-state index contributed by atoms with van der Waals surface area (Å²) >= 11 is 5.90. The first-order valence-corrected chi connectivity index (χ1v) is 5.95. The highest BCUT2D eigenvalue weighted by Gasteiger charge is 2.08. The molecule has 2 atom stereocenters. The van der Waals surface area contributed by atoms with Gasteiger partial charge in [-0.05, 0) is 38.8 Å². The molecule has 0 unspecified atom stereocenters. The quantitative estimate of drug-likeness (QED) is 0.877. The van der Waals surface area contributed by atoms with Gasteiger partial charge < -0.3 is 9.84 Å². The zero-order chi connectivity index (χ0) is 12.8. The Balaban J connectivity index is 2.57. The largest absolute Gasteiger partial charge is 0.491 e. The van der Waals surface area contributed by atoms with Gasteiger partial charge in [0, 0.05) is 6.07 Å². The lowest BCUT2D eigenvalue weighted by Gasteiger charge is -2.15. The van der Waals surface area contributed by atoms with Crippen molar-refractivity contribution in [1.29, 1.82) is 5.26 Å². The molecule has 4 heteroatoms. The van der Waals surface area contributed by atoms with Crippen LogP contribution in [0.15, 0.2) is 18.2 Å². The molecule has 0 heterocycles. The number of hydrogen-bond acceptors (Lipinski definition) is 3. The van der Waals surface area contributed by atoms with Crippen molar-refractivity contribution in [2.24, 2.45) is 0 Å². The molecule has 0 fully saturated rings. The minimum atomic E-state index is -0.314. The predicted octanol–water partition coefficient (Wildman–Crippen LogP) is 3.14. The second kappa shape index (κ2) is 6.48. The van der Waals surface area contributed by atoms with E-state index in [1.165, 1.54) is 0 Å². The second-order valence-electron chi connectivity index (χ2n) is 4.11. The number of nitriles is 1. The number of aliphatic hydroxyl groups excluding tert-OH is 1. The third-order valence-electron chi connectivity index (χ3n) is 2.39. The van der Waals surface area contributed by atoms with Gasteiger partial charge in [-0.25, -0.2) is 0 Å². The van der Waals surface area contributed by atoms with Crippen LogP contribution in [0, 0.1) is 11.3 Å². The monoisotopic (exact) mass is 253 g/mol. The predicted molar refractivity (Wildman–Crippen MR) is 67.2 cm³/mol. The summed E-state index contributed by atoms with van der Waals surface area (Å²) < 4.78 is 5.64. The highest BCUT2D eigenvalue weighted by Crippen LogP contribution is 2.23. The van der Waals surface area contributed by atoms with E-state index in [4.69, 9.17) is 26.7 Å². The highest BCUT2D eigenvalue weighted by molar-refractivity contribution is 6.31. The van der Waals surface area contributed by atoms with Gasteiger partial charge in [-0.3, -0.25) is 0 Å². The number of aliphatic hydroxyl groups is 1. The smallest absolute Gasteiger partial charge is 0.121 e. The Bertz CT molecular complexity index is 412. The maximum Gasteiger partial charge on any atom is 0.121 e. The van der Waals surface area contributed by atoms with E-state index in [0.29, 0.717) is 22.8 Å².